The van der Waals surface area contributed by atoms with Gasteiger partial charge in [0.05, 0.1) is 0 Å². The molecule has 0 aliphatic rings. The standard InChI is InChI=1S/C13H19NS.ClH/c1-3-9-15-10-8-14-11-13-7-5-4-6-12(13)2;/h3-7,14H,1,8-11H2,2H3;1H. The predicted molar refractivity (Wildman–Crippen MR) is 77.7 cm³/mol. The highest BCUT2D eigenvalue weighted by Gasteiger charge is 1.95. The lowest BCUT2D eigenvalue weighted by molar-refractivity contribution is 0.729. The highest BCUT2D eigenvalue weighted by atomic mass is 35.5. The zero-order chi connectivity index (χ0) is 10.9. The number of halogens is 1. The summed E-state index contributed by atoms with van der Waals surface area (Å²) in [4.78, 5) is 0. The summed E-state index contributed by atoms with van der Waals surface area (Å²) in [5.41, 5.74) is 2.76. The number of nitrogens with one attached hydrogen (secondary N) is 1. The fraction of sp³-hybridized carbons (Fsp3) is 0.385. The maximum Gasteiger partial charge on any atom is 0.0208 e. The fourth-order valence-corrected chi connectivity index (χ4v) is 1.96. The van der Waals surface area contributed by atoms with Crippen LogP contribution in [-0.2, 0) is 6.54 Å². The Bertz CT molecular complexity index is 302. The highest BCUT2D eigenvalue weighted by Crippen LogP contribution is 2.06. The molecule has 1 aromatic carbocycles. The first-order valence-corrected chi connectivity index (χ1v) is 6.44. The van der Waals surface area contributed by atoms with Crippen molar-refractivity contribution < 1.29 is 0 Å². The Kier molecular flexibility index (Phi) is 9.49. The van der Waals surface area contributed by atoms with Crippen LogP contribution in [0.2, 0.25) is 0 Å². The zero-order valence-corrected chi connectivity index (χ0v) is 11.4. The Morgan fingerprint density at radius 1 is 1.38 bits per heavy atom. The molecule has 0 aliphatic carbocycles. The molecule has 1 rings (SSSR count). The summed E-state index contributed by atoms with van der Waals surface area (Å²) in [5.74, 6) is 2.20. The van der Waals surface area contributed by atoms with Crippen LogP contribution in [0.5, 0.6) is 0 Å². The number of hydrogen-bond acceptors (Lipinski definition) is 2. The van der Waals surface area contributed by atoms with Crippen LogP contribution in [0.4, 0.5) is 0 Å². The largest absolute Gasteiger partial charge is 0.312 e. The van der Waals surface area contributed by atoms with Gasteiger partial charge < -0.3 is 5.32 Å². The average Bonchev–Trinajstić information content (AvgIpc) is 2.25. The van der Waals surface area contributed by atoms with E-state index in [4.69, 9.17) is 0 Å². The van der Waals surface area contributed by atoms with Gasteiger partial charge in [0.1, 0.15) is 0 Å². The second kappa shape index (κ2) is 9.76. The van der Waals surface area contributed by atoms with Crippen molar-refractivity contribution >= 4 is 24.2 Å². The summed E-state index contributed by atoms with van der Waals surface area (Å²) in [7, 11) is 0. The van der Waals surface area contributed by atoms with E-state index in [1.165, 1.54) is 11.1 Å². The van der Waals surface area contributed by atoms with Crippen molar-refractivity contribution in [3.63, 3.8) is 0 Å². The molecule has 0 fully saturated rings. The Morgan fingerprint density at radius 3 is 2.81 bits per heavy atom. The molecule has 0 saturated heterocycles. The van der Waals surface area contributed by atoms with Gasteiger partial charge in [-0.15, -0.1) is 19.0 Å². The minimum absolute atomic E-state index is 0. The van der Waals surface area contributed by atoms with E-state index >= 15 is 0 Å². The van der Waals surface area contributed by atoms with Gasteiger partial charge in [0.2, 0.25) is 0 Å². The molecule has 0 saturated carbocycles. The quantitative estimate of drug-likeness (QED) is 0.593. The predicted octanol–water partition coefficient (Wildman–Crippen LogP) is 3.43. The van der Waals surface area contributed by atoms with Crippen molar-refractivity contribution in [3.8, 4) is 0 Å². The van der Waals surface area contributed by atoms with Crippen molar-refractivity contribution in [2.24, 2.45) is 0 Å². The third-order valence-corrected chi connectivity index (χ3v) is 3.20. The van der Waals surface area contributed by atoms with Gasteiger partial charge in [0, 0.05) is 24.6 Å². The van der Waals surface area contributed by atoms with Crippen molar-refractivity contribution in [1.29, 1.82) is 0 Å². The smallest absolute Gasteiger partial charge is 0.0208 e. The SMILES string of the molecule is C=CCSCCNCc1ccccc1C.Cl. The molecule has 16 heavy (non-hydrogen) atoms. The average molecular weight is 258 g/mol. The highest BCUT2D eigenvalue weighted by molar-refractivity contribution is 7.99. The molecular formula is C13H20ClNS. The number of benzene rings is 1. The van der Waals surface area contributed by atoms with Gasteiger partial charge in [-0.25, -0.2) is 0 Å². The Labute approximate surface area is 109 Å². The van der Waals surface area contributed by atoms with E-state index in [-0.39, 0.29) is 12.4 Å². The Balaban J connectivity index is 0.00000225. The summed E-state index contributed by atoms with van der Waals surface area (Å²) >= 11 is 1.91. The van der Waals surface area contributed by atoms with Crippen molar-refractivity contribution in [2.75, 3.05) is 18.1 Å². The number of rotatable bonds is 7. The van der Waals surface area contributed by atoms with E-state index in [2.05, 4.69) is 43.1 Å². The topological polar surface area (TPSA) is 12.0 Å². The van der Waals surface area contributed by atoms with Crippen molar-refractivity contribution in [3.05, 3.63) is 48.0 Å². The molecule has 0 radical (unpaired) electrons. The zero-order valence-electron chi connectivity index (χ0n) is 9.74. The first-order valence-electron chi connectivity index (χ1n) is 5.28. The summed E-state index contributed by atoms with van der Waals surface area (Å²) < 4.78 is 0. The van der Waals surface area contributed by atoms with Gasteiger partial charge in [0.15, 0.2) is 0 Å². The summed E-state index contributed by atoms with van der Waals surface area (Å²) in [6, 6.07) is 8.51. The van der Waals surface area contributed by atoms with E-state index in [1.807, 2.05) is 17.8 Å². The molecule has 3 heteroatoms. The molecule has 0 spiro atoms. The number of aryl methyl sites for hydroxylation is 1. The molecule has 0 heterocycles. The Hall–Kier alpha value is -0.440. The lowest BCUT2D eigenvalue weighted by Gasteiger charge is -2.06. The second-order valence-electron chi connectivity index (χ2n) is 3.47. The van der Waals surface area contributed by atoms with Gasteiger partial charge in [-0.2, -0.15) is 11.8 Å². The molecule has 0 aliphatic heterocycles. The third-order valence-electron chi connectivity index (χ3n) is 2.24. The normalized spacial score (nSPS) is 9.56. The van der Waals surface area contributed by atoms with E-state index in [9.17, 15) is 0 Å². The molecule has 0 atom stereocenters. The molecule has 1 aromatic rings. The minimum atomic E-state index is 0. The van der Waals surface area contributed by atoms with Crippen LogP contribution in [-0.4, -0.2) is 18.1 Å². The van der Waals surface area contributed by atoms with Gasteiger partial charge in [-0.1, -0.05) is 30.3 Å². The lowest BCUT2D eigenvalue weighted by Crippen LogP contribution is -2.17. The van der Waals surface area contributed by atoms with Gasteiger partial charge in [-0.3, -0.25) is 0 Å². The lowest BCUT2D eigenvalue weighted by atomic mass is 10.1. The summed E-state index contributed by atoms with van der Waals surface area (Å²) in [6.45, 7) is 7.89. The second-order valence-corrected chi connectivity index (χ2v) is 4.62. The first kappa shape index (κ1) is 15.6. The van der Waals surface area contributed by atoms with E-state index in [0.717, 1.165) is 24.6 Å². The van der Waals surface area contributed by atoms with Crippen LogP contribution in [0, 0.1) is 6.92 Å². The van der Waals surface area contributed by atoms with Crippen molar-refractivity contribution in [1.82, 2.24) is 5.32 Å². The minimum Gasteiger partial charge on any atom is -0.312 e. The van der Waals surface area contributed by atoms with Gasteiger partial charge in [0.25, 0.3) is 0 Å². The Morgan fingerprint density at radius 2 is 2.12 bits per heavy atom. The third kappa shape index (κ3) is 6.21. The maximum atomic E-state index is 3.70. The monoisotopic (exact) mass is 257 g/mol. The molecule has 1 nitrogen and oxygen atoms in total. The van der Waals surface area contributed by atoms with Crippen LogP contribution in [0.1, 0.15) is 11.1 Å². The molecule has 1 N–H and O–H groups in total. The summed E-state index contributed by atoms with van der Waals surface area (Å²) in [6.07, 6.45) is 1.95. The van der Waals surface area contributed by atoms with Gasteiger partial charge >= 0.3 is 0 Å². The van der Waals surface area contributed by atoms with Crippen molar-refractivity contribution in [2.45, 2.75) is 13.5 Å². The first-order chi connectivity index (χ1) is 7.34. The molecule has 0 amide bonds. The van der Waals surface area contributed by atoms with E-state index < -0.39 is 0 Å². The molecule has 0 unspecified atom stereocenters. The fourth-order valence-electron chi connectivity index (χ4n) is 1.34. The number of thioether (sulfide) groups is 1. The van der Waals surface area contributed by atoms with Crippen LogP contribution in [0.3, 0.4) is 0 Å². The van der Waals surface area contributed by atoms with Gasteiger partial charge in [-0.05, 0) is 18.1 Å². The van der Waals surface area contributed by atoms with Crippen LogP contribution in [0.25, 0.3) is 0 Å². The molecule has 0 bridgehead atoms. The molecule has 0 aromatic heterocycles. The van der Waals surface area contributed by atoms with E-state index in [0.29, 0.717) is 0 Å². The van der Waals surface area contributed by atoms with E-state index in [1.54, 1.807) is 0 Å². The molecule has 90 valence electrons. The van der Waals surface area contributed by atoms with Crippen LogP contribution < -0.4 is 5.32 Å². The summed E-state index contributed by atoms with van der Waals surface area (Å²) in [5, 5.41) is 3.45. The number of hydrogen-bond donors (Lipinski definition) is 1. The molecular weight excluding hydrogens is 238 g/mol. The van der Waals surface area contributed by atoms with Crippen LogP contribution >= 0.6 is 24.2 Å². The maximum absolute atomic E-state index is 3.70. The van der Waals surface area contributed by atoms with Crippen LogP contribution in [0.15, 0.2) is 36.9 Å².